The van der Waals surface area contributed by atoms with Gasteiger partial charge in [-0.05, 0) is 12.8 Å². The molecule has 1 saturated carbocycles. The highest BCUT2D eigenvalue weighted by Gasteiger charge is 2.22. The first-order valence-electron chi connectivity index (χ1n) is 5.08. The van der Waals surface area contributed by atoms with Crippen LogP contribution < -0.4 is 11.1 Å². The van der Waals surface area contributed by atoms with Crippen molar-refractivity contribution >= 4 is 11.9 Å². The molecule has 0 radical (unpaired) electrons. The molecule has 16 heavy (non-hydrogen) atoms. The van der Waals surface area contributed by atoms with Gasteiger partial charge in [-0.25, -0.2) is 4.98 Å². The van der Waals surface area contributed by atoms with Crippen LogP contribution in [0.2, 0.25) is 0 Å². The van der Waals surface area contributed by atoms with Crippen LogP contribution in [0, 0.1) is 0 Å². The third-order valence-electron chi connectivity index (χ3n) is 2.29. The summed E-state index contributed by atoms with van der Waals surface area (Å²) < 4.78 is 1.69. The van der Waals surface area contributed by atoms with Gasteiger partial charge in [-0.3, -0.25) is 4.57 Å². The van der Waals surface area contributed by atoms with E-state index in [-0.39, 0.29) is 5.95 Å². The minimum Gasteiger partial charge on any atom is -0.368 e. The average Bonchev–Trinajstić information content (AvgIpc) is 2.90. The second-order valence-corrected chi connectivity index (χ2v) is 3.71. The van der Waals surface area contributed by atoms with Gasteiger partial charge in [0.2, 0.25) is 17.8 Å². The number of nitrogens with two attached hydrogens (primary N) is 1. The molecule has 2 aromatic rings. The highest BCUT2D eigenvalue weighted by atomic mass is 15.3. The van der Waals surface area contributed by atoms with E-state index < -0.39 is 0 Å². The third kappa shape index (κ3) is 1.79. The summed E-state index contributed by atoms with van der Waals surface area (Å²) in [6, 6.07) is 0.484. The van der Waals surface area contributed by atoms with Crippen LogP contribution in [0.15, 0.2) is 18.7 Å². The van der Waals surface area contributed by atoms with Crippen molar-refractivity contribution in [2.45, 2.75) is 18.9 Å². The summed E-state index contributed by atoms with van der Waals surface area (Å²) in [6.45, 7) is 0. The molecule has 2 heterocycles. The van der Waals surface area contributed by atoms with Crippen molar-refractivity contribution in [3.63, 3.8) is 0 Å². The quantitative estimate of drug-likeness (QED) is 0.763. The Morgan fingerprint density at radius 3 is 2.88 bits per heavy atom. The Hall–Kier alpha value is -2.18. The fourth-order valence-electron chi connectivity index (χ4n) is 1.35. The van der Waals surface area contributed by atoms with Crippen molar-refractivity contribution in [1.29, 1.82) is 0 Å². The lowest BCUT2D eigenvalue weighted by atomic mass is 10.7. The number of aromatic nitrogens is 5. The Morgan fingerprint density at radius 1 is 1.31 bits per heavy atom. The van der Waals surface area contributed by atoms with Gasteiger partial charge in [0.1, 0.15) is 6.33 Å². The Labute approximate surface area is 91.8 Å². The van der Waals surface area contributed by atoms with Crippen LogP contribution >= 0.6 is 0 Å². The smallest absolute Gasteiger partial charge is 0.241 e. The van der Waals surface area contributed by atoms with Crippen LogP contribution in [0.1, 0.15) is 12.8 Å². The van der Waals surface area contributed by atoms with Gasteiger partial charge in [-0.1, -0.05) is 0 Å². The molecule has 82 valence electrons. The van der Waals surface area contributed by atoms with Gasteiger partial charge in [0.05, 0.1) is 0 Å². The summed E-state index contributed by atoms with van der Waals surface area (Å²) >= 11 is 0. The molecular formula is C9H11N7. The minimum absolute atomic E-state index is 0.210. The molecule has 0 aliphatic heterocycles. The van der Waals surface area contributed by atoms with Gasteiger partial charge in [0, 0.05) is 18.4 Å². The molecule has 0 bridgehead atoms. The van der Waals surface area contributed by atoms with E-state index in [1.165, 1.54) is 0 Å². The van der Waals surface area contributed by atoms with Gasteiger partial charge in [0.15, 0.2) is 0 Å². The van der Waals surface area contributed by atoms with Crippen molar-refractivity contribution in [2.75, 3.05) is 11.1 Å². The Kier molecular flexibility index (Phi) is 1.95. The van der Waals surface area contributed by atoms with Crippen molar-refractivity contribution in [2.24, 2.45) is 0 Å². The number of nitrogen functional groups attached to an aromatic ring is 1. The van der Waals surface area contributed by atoms with Gasteiger partial charge in [0.25, 0.3) is 0 Å². The largest absolute Gasteiger partial charge is 0.368 e. The zero-order chi connectivity index (χ0) is 11.0. The first kappa shape index (κ1) is 9.08. The highest BCUT2D eigenvalue weighted by Crippen LogP contribution is 2.23. The summed E-state index contributed by atoms with van der Waals surface area (Å²) in [5, 5.41) is 3.18. The van der Waals surface area contributed by atoms with Gasteiger partial charge in [-0.2, -0.15) is 15.0 Å². The molecule has 7 heteroatoms. The zero-order valence-electron chi connectivity index (χ0n) is 8.54. The van der Waals surface area contributed by atoms with Crippen LogP contribution in [-0.4, -0.2) is 30.5 Å². The summed E-state index contributed by atoms with van der Waals surface area (Å²) in [5.74, 6) is 1.22. The summed E-state index contributed by atoms with van der Waals surface area (Å²) in [4.78, 5) is 16.3. The summed E-state index contributed by atoms with van der Waals surface area (Å²) in [7, 11) is 0. The number of rotatable bonds is 3. The Morgan fingerprint density at radius 2 is 2.19 bits per heavy atom. The van der Waals surface area contributed by atoms with Gasteiger partial charge in [-0.15, -0.1) is 0 Å². The van der Waals surface area contributed by atoms with Crippen molar-refractivity contribution in [3.05, 3.63) is 18.7 Å². The number of hydrogen-bond donors (Lipinski definition) is 2. The third-order valence-corrected chi connectivity index (χ3v) is 2.29. The van der Waals surface area contributed by atoms with Crippen molar-refractivity contribution in [3.8, 4) is 5.95 Å². The first-order valence-corrected chi connectivity index (χ1v) is 5.08. The van der Waals surface area contributed by atoms with E-state index >= 15 is 0 Å². The fraction of sp³-hybridized carbons (Fsp3) is 0.333. The average molecular weight is 217 g/mol. The molecule has 0 unspecified atom stereocenters. The Balaban J connectivity index is 1.95. The summed E-state index contributed by atoms with van der Waals surface area (Å²) in [6.07, 6.45) is 7.36. The SMILES string of the molecule is Nc1nc(NC2CC2)nc(-n2ccnc2)n1. The normalized spacial score (nSPS) is 15.0. The molecule has 1 aliphatic carbocycles. The maximum Gasteiger partial charge on any atom is 0.241 e. The van der Waals surface area contributed by atoms with E-state index in [2.05, 4.69) is 25.3 Å². The molecule has 1 fully saturated rings. The number of nitrogens with zero attached hydrogens (tertiary/aromatic N) is 5. The van der Waals surface area contributed by atoms with E-state index in [0.29, 0.717) is 17.9 Å². The second kappa shape index (κ2) is 3.44. The predicted octanol–water partition coefficient (Wildman–Crippen LogP) is 0.214. The fourth-order valence-corrected chi connectivity index (χ4v) is 1.35. The standard InChI is InChI=1S/C9H11N7/c10-7-13-8(12-6-1-2-6)15-9(14-7)16-4-3-11-5-16/h3-6H,1-2H2,(H3,10,12,13,14,15). The molecule has 0 amide bonds. The lowest BCUT2D eigenvalue weighted by molar-refractivity contribution is 0.895. The molecule has 3 rings (SSSR count). The maximum absolute atomic E-state index is 5.63. The molecule has 7 nitrogen and oxygen atoms in total. The minimum atomic E-state index is 0.210. The van der Waals surface area contributed by atoms with E-state index in [0.717, 1.165) is 12.8 Å². The van der Waals surface area contributed by atoms with Gasteiger partial charge < -0.3 is 11.1 Å². The van der Waals surface area contributed by atoms with Gasteiger partial charge >= 0.3 is 0 Å². The molecule has 0 spiro atoms. The zero-order valence-corrected chi connectivity index (χ0v) is 8.54. The topological polar surface area (TPSA) is 94.5 Å². The van der Waals surface area contributed by atoms with Crippen LogP contribution in [0.5, 0.6) is 0 Å². The van der Waals surface area contributed by atoms with E-state index in [9.17, 15) is 0 Å². The molecule has 0 saturated heterocycles. The number of nitrogens with one attached hydrogen (secondary N) is 1. The lowest BCUT2D eigenvalue weighted by Crippen LogP contribution is -2.11. The van der Waals surface area contributed by atoms with Crippen molar-refractivity contribution < 1.29 is 0 Å². The number of imidazole rings is 1. The highest BCUT2D eigenvalue weighted by molar-refractivity contribution is 5.36. The van der Waals surface area contributed by atoms with Crippen LogP contribution in [0.3, 0.4) is 0 Å². The van der Waals surface area contributed by atoms with E-state index in [1.54, 1.807) is 23.3 Å². The molecule has 0 atom stereocenters. The number of anilines is 2. The van der Waals surface area contributed by atoms with E-state index in [4.69, 9.17) is 5.73 Å². The second-order valence-electron chi connectivity index (χ2n) is 3.71. The van der Waals surface area contributed by atoms with Crippen LogP contribution in [0.4, 0.5) is 11.9 Å². The Bertz CT molecular complexity index is 489. The number of hydrogen-bond acceptors (Lipinski definition) is 6. The monoisotopic (exact) mass is 217 g/mol. The van der Waals surface area contributed by atoms with Crippen LogP contribution in [0.25, 0.3) is 5.95 Å². The lowest BCUT2D eigenvalue weighted by Gasteiger charge is -2.05. The maximum atomic E-state index is 5.63. The first-order chi connectivity index (χ1) is 7.81. The molecule has 3 N–H and O–H groups in total. The molecule has 2 aromatic heterocycles. The van der Waals surface area contributed by atoms with Crippen molar-refractivity contribution in [1.82, 2.24) is 24.5 Å². The molecular weight excluding hydrogens is 206 g/mol. The predicted molar refractivity (Wildman–Crippen MR) is 58.0 cm³/mol. The summed E-state index contributed by atoms with van der Waals surface area (Å²) in [5.41, 5.74) is 5.63. The van der Waals surface area contributed by atoms with Crippen LogP contribution in [-0.2, 0) is 0 Å². The molecule has 1 aliphatic rings. The van der Waals surface area contributed by atoms with E-state index in [1.807, 2.05) is 0 Å². The molecule has 0 aromatic carbocycles.